The molecule has 2 N–H and O–H groups in total. The number of hydrogen-bond donors (Lipinski definition) is 2. The number of benzene rings is 1. The second kappa shape index (κ2) is 9.03. The Morgan fingerprint density at radius 2 is 2.00 bits per heavy atom. The molecule has 128 valence electrons. The number of carbonyl (C=O) groups excluding carboxylic acids is 1. The Morgan fingerprint density at radius 1 is 1.21 bits per heavy atom. The van der Waals surface area contributed by atoms with Gasteiger partial charge in [0.2, 0.25) is 0 Å². The second-order valence-corrected chi connectivity index (χ2v) is 5.98. The highest BCUT2D eigenvalue weighted by Gasteiger charge is 2.07. The number of hydrogen-bond acceptors (Lipinski definition) is 4. The minimum absolute atomic E-state index is 0.0667. The van der Waals surface area contributed by atoms with Crippen LogP contribution in [0.4, 0.5) is 11.5 Å². The highest BCUT2D eigenvalue weighted by atomic mass is 16.1. The van der Waals surface area contributed by atoms with Crippen molar-refractivity contribution in [2.24, 2.45) is 0 Å². The molecule has 0 bridgehead atoms. The molecule has 0 saturated heterocycles. The summed E-state index contributed by atoms with van der Waals surface area (Å²) in [6.45, 7) is 3.74. The molecular formula is C19H26N4O. The number of carbonyl (C=O) groups is 1. The first-order valence-corrected chi connectivity index (χ1v) is 8.34. The first kappa shape index (κ1) is 17.9. The normalized spacial score (nSPS) is 10.7. The van der Waals surface area contributed by atoms with E-state index in [-0.39, 0.29) is 5.91 Å². The van der Waals surface area contributed by atoms with Crippen LogP contribution in [0.3, 0.4) is 0 Å². The van der Waals surface area contributed by atoms with Gasteiger partial charge >= 0.3 is 0 Å². The average Bonchev–Trinajstić information content (AvgIpc) is 2.59. The molecule has 5 nitrogen and oxygen atoms in total. The molecule has 0 fully saturated rings. The molecule has 1 heterocycles. The molecule has 0 spiro atoms. The van der Waals surface area contributed by atoms with E-state index in [0.717, 1.165) is 25.1 Å². The molecule has 1 aromatic carbocycles. The molecule has 0 atom stereocenters. The minimum atomic E-state index is -0.0667. The third-order valence-corrected chi connectivity index (χ3v) is 3.75. The number of amides is 1. The van der Waals surface area contributed by atoms with Gasteiger partial charge in [-0.1, -0.05) is 25.1 Å². The molecule has 1 aromatic heterocycles. The summed E-state index contributed by atoms with van der Waals surface area (Å²) in [7, 11) is 4.05. The van der Waals surface area contributed by atoms with E-state index in [0.29, 0.717) is 17.9 Å². The molecule has 0 aliphatic carbocycles. The molecule has 0 aliphatic heterocycles. The smallest absolute Gasteiger partial charge is 0.251 e. The van der Waals surface area contributed by atoms with Crippen LogP contribution >= 0.6 is 0 Å². The fourth-order valence-corrected chi connectivity index (χ4v) is 2.43. The lowest BCUT2D eigenvalue weighted by Crippen LogP contribution is -2.27. The lowest BCUT2D eigenvalue weighted by molar-refractivity contribution is 0.0952. The minimum Gasteiger partial charge on any atom is -0.352 e. The Morgan fingerprint density at radius 3 is 2.75 bits per heavy atom. The monoisotopic (exact) mass is 326 g/mol. The number of nitrogens with zero attached hydrogens (tertiary/aromatic N) is 2. The van der Waals surface area contributed by atoms with E-state index in [4.69, 9.17) is 0 Å². The fourth-order valence-electron chi connectivity index (χ4n) is 2.43. The van der Waals surface area contributed by atoms with Gasteiger partial charge in [0.05, 0.1) is 0 Å². The van der Waals surface area contributed by atoms with Crippen LogP contribution in [0, 0.1) is 0 Å². The van der Waals surface area contributed by atoms with Crippen LogP contribution in [-0.4, -0.2) is 43.0 Å². The third-order valence-electron chi connectivity index (χ3n) is 3.75. The summed E-state index contributed by atoms with van der Waals surface area (Å²) < 4.78 is 0. The molecule has 1 amide bonds. The zero-order chi connectivity index (χ0) is 17.4. The van der Waals surface area contributed by atoms with E-state index in [9.17, 15) is 4.79 Å². The maximum atomic E-state index is 12.2. The van der Waals surface area contributed by atoms with Gasteiger partial charge in [-0.05, 0) is 57.2 Å². The van der Waals surface area contributed by atoms with Crippen molar-refractivity contribution in [2.45, 2.75) is 19.8 Å². The first-order valence-electron chi connectivity index (χ1n) is 8.34. The quantitative estimate of drug-likeness (QED) is 0.732. The van der Waals surface area contributed by atoms with Gasteiger partial charge in [0.15, 0.2) is 0 Å². The van der Waals surface area contributed by atoms with E-state index < -0.39 is 0 Å². The Hall–Kier alpha value is -2.40. The number of nitrogens with one attached hydrogen (secondary N) is 2. The van der Waals surface area contributed by atoms with E-state index >= 15 is 0 Å². The lowest BCUT2D eigenvalue weighted by Gasteiger charge is -2.12. The van der Waals surface area contributed by atoms with E-state index in [2.05, 4.69) is 33.5 Å². The summed E-state index contributed by atoms with van der Waals surface area (Å²) in [6, 6.07) is 11.6. The lowest BCUT2D eigenvalue weighted by atomic mass is 10.1. The van der Waals surface area contributed by atoms with Crippen LogP contribution in [0.5, 0.6) is 0 Å². The average molecular weight is 326 g/mol. The number of aryl methyl sites for hydroxylation is 1. The van der Waals surface area contributed by atoms with Crippen LogP contribution in [0.1, 0.15) is 29.3 Å². The van der Waals surface area contributed by atoms with Crippen molar-refractivity contribution in [3.8, 4) is 0 Å². The molecule has 2 rings (SSSR count). The number of anilines is 2. The predicted octanol–water partition coefficient (Wildman–Crippen LogP) is 3.07. The summed E-state index contributed by atoms with van der Waals surface area (Å²) in [6.07, 6.45) is 3.53. The Balaban J connectivity index is 1.99. The highest BCUT2D eigenvalue weighted by Crippen LogP contribution is 2.20. The van der Waals surface area contributed by atoms with Crippen LogP contribution in [-0.2, 0) is 6.42 Å². The first-order chi connectivity index (χ1) is 11.6. The van der Waals surface area contributed by atoms with Crippen LogP contribution in [0.25, 0.3) is 0 Å². The van der Waals surface area contributed by atoms with Crippen LogP contribution in [0.2, 0.25) is 0 Å². The summed E-state index contributed by atoms with van der Waals surface area (Å²) in [4.78, 5) is 18.7. The zero-order valence-corrected chi connectivity index (χ0v) is 14.7. The van der Waals surface area contributed by atoms with Crippen LogP contribution < -0.4 is 10.6 Å². The Kier molecular flexibility index (Phi) is 6.75. The molecule has 0 aliphatic rings. The van der Waals surface area contributed by atoms with Gasteiger partial charge in [-0.25, -0.2) is 4.98 Å². The largest absolute Gasteiger partial charge is 0.352 e. The predicted molar refractivity (Wildman–Crippen MR) is 98.8 cm³/mol. The maximum Gasteiger partial charge on any atom is 0.251 e. The number of rotatable bonds is 8. The third kappa shape index (κ3) is 5.35. The fraction of sp³-hybridized carbons (Fsp3) is 0.368. The van der Waals surface area contributed by atoms with Gasteiger partial charge in [-0.2, -0.15) is 0 Å². The molecule has 0 radical (unpaired) electrons. The molecule has 0 saturated carbocycles. The van der Waals surface area contributed by atoms with Gasteiger partial charge in [-0.15, -0.1) is 0 Å². The molecule has 2 aromatic rings. The standard InChI is InChI=1S/C19H26N4O/c1-4-15-8-5-6-9-17(15)22-18-14-16(10-12-20-18)19(24)21-11-7-13-23(2)3/h5-6,8-10,12,14H,4,7,11,13H2,1-3H3,(H,20,22)(H,21,24). The summed E-state index contributed by atoms with van der Waals surface area (Å²) in [5, 5.41) is 6.25. The van der Waals surface area contributed by atoms with Gasteiger partial charge in [0.1, 0.15) is 5.82 Å². The van der Waals surface area contributed by atoms with Crippen molar-refractivity contribution >= 4 is 17.4 Å². The van der Waals surface area contributed by atoms with Crippen molar-refractivity contribution < 1.29 is 4.79 Å². The number of aromatic nitrogens is 1. The summed E-state index contributed by atoms with van der Waals surface area (Å²) in [5.74, 6) is 0.611. The van der Waals surface area contributed by atoms with Crippen molar-refractivity contribution in [2.75, 3.05) is 32.5 Å². The number of para-hydroxylation sites is 1. The van der Waals surface area contributed by atoms with E-state index in [1.54, 1.807) is 18.3 Å². The zero-order valence-electron chi connectivity index (χ0n) is 14.7. The number of pyridine rings is 1. The molecular weight excluding hydrogens is 300 g/mol. The van der Waals surface area contributed by atoms with Crippen molar-refractivity contribution in [1.82, 2.24) is 15.2 Å². The van der Waals surface area contributed by atoms with Gasteiger partial charge in [-0.3, -0.25) is 4.79 Å². The van der Waals surface area contributed by atoms with Gasteiger partial charge in [0.25, 0.3) is 5.91 Å². The molecule has 24 heavy (non-hydrogen) atoms. The maximum absolute atomic E-state index is 12.2. The van der Waals surface area contributed by atoms with E-state index in [1.165, 1.54) is 5.56 Å². The highest BCUT2D eigenvalue weighted by molar-refractivity contribution is 5.94. The van der Waals surface area contributed by atoms with E-state index in [1.807, 2.05) is 32.3 Å². The molecule has 0 unspecified atom stereocenters. The summed E-state index contributed by atoms with van der Waals surface area (Å²) >= 11 is 0. The van der Waals surface area contributed by atoms with Gasteiger partial charge < -0.3 is 15.5 Å². The Labute approximate surface area is 144 Å². The second-order valence-electron chi connectivity index (χ2n) is 5.98. The summed E-state index contributed by atoms with van der Waals surface area (Å²) in [5.41, 5.74) is 2.86. The van der Waals surface area contributed by atoms with Crippen molar-refractivity contribution in [1.29, 1.82) is 0 Å². The SMILES string of the molecule is CCc1ccccc1Nc1cc(C(=O)NCCCN(C)C)ccn1. The van der Waals surface area contributed by atoms with Gasteiger partial charge in [0, 0.05) is 24.0 Å². The van der Waals surface area contributed by atoms with Crippen LogP contribution in [0.15, 0.2) is 42.6 Å². The topological polar surface area (TPSA) is 57.3 Å². The van der Waals surface area contributed by atoms with Crippen molar-refractivity contribution in [3.63, 3.8) is 0 Å². The molecule has 5 heteroatoms. The Bertz CT molecular complexity index is 670. The van der Waals surface area contributed by atoms with Crippen molar-refractivity contribution in [3.05, 3.63) is 53.7 Å².